The summed E-state index contributed by atoms with van der Waals surface area (Å²) in [5, 5.41) is 0.437. The van der Waals surface area contributed by atoms with Gasteiger partial charge in [0.05, 0.1) is 0 Å². The smallest absolute Gasteiger partial charge is 0.474 e. The molecule has 0 N–H and O–H groups in total. The Kier molecular flexibility index (Phi) is 9.79. The molecule has 0 spiro atoms. The zero-order valence-electron chi connectivity index (χ0n) is 8.75. The van der Waals surface area contributed by atoms with Crippen LogP contribution in [-0.4, -0.2) is 54.3 Å². The van der Waals surface area contributed by atoms with E-state index in [1.807, 2.05) is 6.92 Å². The van der Waals surface area contributed by atoms with Gasteiger partial charge in [0.15, 0.2) is 0 Å². The summed E-state index contributed by atoms with van der Waals surface area (Å²) >= 11 is 4.87. The Bertz CT molecular complexity index is 145. The van der Waals surface area contributed by atoms with E-state index in [2.05, 4.69) is 0 Å². The van der Waals surface area contributed by atoms with E-state index < -0.39 is 9.05 Å². The third-order valence-corrected chi connectivity index (χ3v) is 3.79. The second kappa shape index (κ2) is 7.94. The van der Waals surface area contributed by atoms with Gasteiger partial charge in [-0.25, -0.2) is 0 Å². The monoisotopic (exact) mass is 217 g/mol. The van der Waals surface area contributed by atoms with Crippen molar-refractivity contribution < 1.29 is 17.7 Å². The molecule has 0 aromatic rings. The molecular weight excluding hydrogens is 203 g/mol. The minimum atomic E-state index is -2.94. The zero-order chi connectivity index (χ0) is 9.61. The maximum atomic E-state index is 5.24. The molecule has 0 fully saturated rings. The second-order valence-corrected chi connectivity index (χ2v) is 4.82. The molecule has 0 aliphatic rings. The first-order chi connectivity index (χ1) is 5.64. The molecule has 0 saturated heterocycles. The zero-order valence-corrected chi connectivity index (χ0v) is 10.6. The van der Waals surface area contributed by atoms with E-state index in [4.69, 9.17) is 29.9 Å². The van der Waals surface area contributed by atoms with Gasteiger partial charge < -0.3 is 17.7 Å². The van der Waals surface area contributed by atoms with Gasteiger partial charge in [0.25, 0.3) is 0 Å². The maximum absolute atomic E-state index is 5.24. The summed E-state index contributed by atoms with van der Waals surface area (Å²) in [6.07, 6.45) is 0.639. The Morgan fingerprint density at radius 3 is 1.77 bits per heavy atom. The van der Waals surface area contributed by atoms with Gasteiger partial charge >= 0.3 is 9.05 Å². The van der Waals surface area contributed by atoms with E-state index in [0.29, 0.717) is 11.5 Å². The fraction of sp³-hybridized carbons (Fsp3) is 0.833. The molecule has 7 heteroatoms. The molecule has 13 heavy (non-hydrogen) atoms. The van der Waals surface area contributed by atoms with Crippen molar-refractivity contribution in [3.63, 3.8) is 0 Å². The molecule has 0 saturated carbocycles. The van der Waals surface area contributed by atoms with Crippen LogP contribution in [-0.2, 0) is 17.7 Å². The molecule has 0 rings (SSSR count). The molecule has 0 aliphatic heterocycles. The number of rotatable bonds is 5. The van der Waals surface area contributed by atoms with Crippen molar-refractivity contribution in [2.75, 3.05) is 21.3 Å². The van der Waals surface area contributed by atoms with Gasteiger partial charge in [-0.15, -0.1) is 0 Å². The fourth-order valence-electron chi connectivity index (χ4n) is 0.587. The van der Waals surface area contributed by atoms with Crippen molar-refractivity contribution in [2.24, 2.45) is 0 Å². The second-order valence-electron chi connectivity index (χ2n) is 1.94. The van der Waals surface area contributed by atoms with Gasteiger partial charge in [0.2, 0.25) is 0 Å². The summed E-state index contributed by atoms with van der Waals surface area (Å²) < 4.78 is 20.2. The topological polar surface area (TPSA) is 36.9 Å². The third kappa shape index (κ3) is 5.13. The Labute approximate surface area is 97.5 Å². The van der Waals surface area contributed by atoms with Crippen LogP contribution in [0.2, 0.25) is 0 Å². The maximum Gasteiger partial charge on any atom is 0.749 e. The fourth-order valence-corrected chi connectivity index (χ4v) is 2.07. The molecule has 0 unspecified atom stereocenters. The predicted octanol–water partition coefficient (Wildman–Crippen LogP) is 0.734. The molecule has 0 aliphatic carbocycles. The van der Waals surface area contributed by atoms with E-state index in [1.165, 1.54) is 21.3 Å². The SMILES string of the molecule is CCC(=S)O[Si](OC)(OC)OC.[Li]. The van der Waals surface area contributed by atoms with Crippen LogP contribution >= 0.6 is 12.2 Å². The summed E-state index contributed by atoms with van der Waals surface area (Å²) in [6, 6.07) is 0. The van der Waals surface area contributed by atoms with Gasteiger partial charge in [-0.1, -0.05) is 6.92 Å². The van der Waals surface area contributed by atoms with E-state index in [-0.39, 0.29) is 18.9 Å². The average molecular weight is 217 g/mol. The number of hydrogen-bond acceptors (Lipinski definition) is 5. The van der Waals surface area contributed by atoms with Crippen molar-refractivity contribution in [1.82, 2.24) is 0 Å². The van der Waals surface area contributed by atoms with Gasteiger partial charge in [-0.3, -0.25) is 0 Å². The first-order valence-corrected chi connectivity index (χ1v) is 5.55. The van der Waals surface area contributed by atoms with Gasteiger partial charge in [-0.05, 0) is 12.2 Å². The van der Waals surface area contributed by atoms with Crippen LogP contribution in [0.25, 0.3) is 0 Å². The summed E-state index contributed by atoms with van der Waals surface area (Å²) in [6.45, 7) is 1.89. The first-order valence-electron chi connectivity index (χ1n) is 3.51. The summed E-state index contributed by atoms with van der Waals surface area (Å²) in [5.74, 6) is 0. The Morgan fingerprint density at radius 1 is 1.15 bits per heavy atom. The number of hydrogen-bond donors (Lipinski definition) is 0. The van der Waals surface area contributed by atoms with Crippen LogP contribution < -0.4 is 0 Å². The normalized spacial score (nSPS) is 10.5. The van der Waals surface area contributed by atoms with E-state index >= 15 is 0 Å². The van der Waals surface area contributed by atoms with Gasteiger partial charge in [0, 0.05) is 46.6 Å². The summed E-state index contributed by atoms with van der Waals surface area (Å²) in [4.78, 5) is 0. The molecule has 0 aromatic heterocycles. The van der Waals surface area contributed by atoms with Gasteiger partial charge in [0.1, 0.15) is 5.05 Å². The van der Waals surface area contributed by atoms with Crippen LogP contribution in [0.15, 0.2) is 0 Å². The summed E-state index contributed by atoms with van der Waals surface area (Å²) in [7, 11) is 1.47. The number of thiocarbonyl (C=S) groups is 1. The molecule has 4 nitrogen and oxygen atoms in total. The van der Waals surface area contributed by atoms with Crippen LogP contribution in [0, 0.1) is 0 Å². The minimum Gasteiger partial charge on any atom is -0.474 e. The molecule has 0 aromatic carbocycles. The van der Waals surface area contributed by atoms with Crippen LogP contribution in [0.4, 0.5) is 0 Å². The minimum absolute atomic E-state index is 0. The summed E-state index contributed by atoms with van der Waals surface area (Å²) in [5.41, 5.74) is 0. The quantitative estimate of drug-likeness (QED) is 0.501. The van der Waals surface area contributed by atoms with Crippen molar-refractivity contribution >= 4 is 45.2 Å². The average Bonchev–Trinajstić information content (AvgIpc) is 2.14. The molecule has 0 bridgehead atoms. The first kappa shape index (κ1) is 16.0. The van der Waals surface area contributed by atoms with Crippen molar-refractivity contribution in [1.29, 1.82) is 0 Å². The standard InChI is InChI=1S/C6H14O4SSi.Li/c1-5-6(11)10-12(7-2,8-3)9-4;/h5H2,1-4H3;. The Morgan fingerprint density at radius 2 is 1.54 bits per heavy atom. The van der Waals surface area contributed by atoms with Crippen LogP contribution in [0.1, 0.15) is 13.3 Å². The Balaban J connectivity index is 0. The van der Waals surface area contributed by atoms with E-state index in [9.17, 15) is 0 Å². The molecule has 73 valence electrons. The Hall–Kier alpha value is 0.584. The van der Waals surface area contributed by atoms with E-state index in [1.54, 1.807) is 0 Å². The van der Waals surface area contributed by atoms with Crippen molar-refractivity contribution in [2.45, 2.75) is 13.3 Å². The molecule has 0 amide bonds. The van der Waals surface area contributed by atoms with Crippen LogP contribution in [0.5, 0.6) is 0 Å². The van der Waals surface area contributed by atoms with Crippen molar-refractivity contribution in [3.05, 3.63) is 0 Å². The van der Waals surface area contributed by atoms with Crippen molar-refractivity contribution in [3.8, 4) is 0 Å². The predicted molar refractivity (Wildman–Crippen MR) is 56.5 cm³/mol. The third-order valence-electron chi connectivity index (χ3n) is 1.28. The van der Waals surface area contributed by atoms with E-state index in [0.717, 1.165) is 0 Å². The van der Waals surface area contributed by atoms with Crippen LogP contribution in [0.3, 0.4) is 0 Å². The molecule has 0 heterocycles. The largest absolute Gasteiger partial charge is 0.749 e. The molecule has 0 atom stereocenters. The molecule has 1 radical (unpaired) electrons. The van der Waals surface area contributed by atoms with Gasteiger partial charge in [-0.2, -0.15) is 0 Å². The molecular formula is C6H14LiO4SSi.